The van der Waals surface area contributed by atoms with Crippen molar-refractivity contribution in [3.05, 3.63) is 54.9 Å². The van der Waals surface area contributed by atoms with Crippen molar-refractivity contribution in [2.45, 2.75) is 24.8 Å². The van der Waals surface area contributed by atoms with Gasteiger partial charge in [0.2, 0.25) is 5.88 Å². The molecule has 0 radical (unpaired) electrons. The maximum absolute atomic E-state index is 9.77. The molecule has 0 saturated heterocycles. The largest absolute Gasteiger partial charge is 0.493 e. The molecule has 0 bridgehead atoms. The molecule has 1 N–H and O–H groups in total. The first-order valence-electron chi connectivity index (χ1n) is 9.87. The Morgan fingerprint density at radius 2 is 1.94 bits per heavy atom. The highest BCUT2D eigenvalue weighted by molar-refractivity contribution is 5.93. The van der Waals surface area contributed by atoms with Gasteiger partial charge < -0.3 is 5.11 Å². The Labute approximate surface area is 178 Å². The summed E-state index contributed by atoms with van der Waals surface area (Å²) in [6.45, 7) is 0. The van der Waals surface area contributed by atoms with Crippen LogP contribution in [0.15, 0.2) is 54.9 Å². The van der Waals surface area contributed by atoms with Gasteiger partial charge in [-0.1, -0.05) is 6.07 Å². The SMILES string of the molecule is N#CC[C@]1(n2ccc(-c3nc(-c4cccc(O)n4)cc4ncccc34)n2)C[C@@H](C#N)C1. The van der Waals surface area contributed by atoms with E-state index in [4.69, 9.17) is 10.1 Å². The van der Waals surface area contributed by atoms with Crippen molar-refractivity contribution < 1.29 is 5.11 Å². The van der Waals surface area contributed by atoms with Crippen molar-refractivity contribution in [1.29, 1.82) is 10.5 Å². The molecule has 150 valence electrons. The number of nitriles is 2. The minimum absolute atomic E-state index is 0.0516. The van der Waals surface area contributed by atoms with Crippen LogP contribution >= 0.6 is 0 Å². The second-order valence-electron chi connectivity index (χ2n) is 7.75. The summed E-state index contributed by atoms with van der Waals surface area (Å²) in [5, 5.41) is 33.9. The number of nitrogens with zero attached hydrogens (tertiary/aromatic N) is 7. The van der Waals surface area contributed by atoms with E-state index in [-0.39, 0.29) is 11.8 Å². The second-order valence-corrected chi connectivity index (χ2v) is 7.75. The number of pyridine rings is 3. The lowest BCUT2D eigenvalue weighted by Crippen LogP contribution is -2.46. The number of rotatable bonds is 4. The zero-order valence-electron chi connectivity index (χ0n) is 16.5. The van der Waals surface area contributed by atoms with Crippen LogP contribution in [0.25, 0.3) is 33.7 Å². The maximum Gasteiger partial charge on any atom is 0.211 e. The van der Waals surface area contributed by atoms with E-state index in [1.807, 2.05) is 35.1 Å². The van der Waals surface area contributed by atoms with E-state index in [9.17, 15) is 15.6 Å². The molecular weight excluding hydrogens is 390 g/mol. The summed E-state index contributed by atoms with van der Waals surface area (Å²) in [6.07, 6.45) is 5.09. The average Bonchev–Trinajstić information content (AvgIpc) is 3.25. The van der Waals surface area contributed by atoms with Crippen LogP contribution in [0.4, 0.5) is 0 Å². The van der Waals surface area contributed by atoms with Gasteiger partial charge in [0.05, 0.1) is 46.9 Å². The van der Waals surface area contributed by atoms with E-state index in [1.54, 1.807) is 18.3 Å². The summed E-state index contributed by atoms with van der Waals surface area (Å²) in [5.41, 5.74) is 2.69. The normalized spacial score (nSPS) is 20.0. The third kappa shape index (κ3) is 3.15. The van der Waals surface area contributed by atoms with E-state index in [2.05, 4.69) is 22.1 Å². The average molecular weight is 407 g/mol. The molecule has 0 spiro atoms. The molecule has 0 aliphatic heterocycles. The molecule has 8 heteroatoms. The Morgan fingerprint density at radius 1 is 1.06 bits per heavy atom. The predicted octanol–water partition coefficient (Wildman–Crippen LogP) is 3.80. The quantitative estimate of drug-likeness (QED) is 0.545. The number of hydrogen-bond donors (Lipinski definition) is 1. The molecule has 0 atom stereocenters. The van der Waals surface area contributed by atoms with E-state index < -0.39 is 5.54 Å². The van der Waals surface area contributed by atoms with Crippen molar-refractivity contribution in [3.8, 4) is 40.8 Å². The van der Waals surface area contributed by atoms with Gasteiger partial charge in [0.1, 0.15) is 11.4 Å². The van der Waals surface area contributed by atoms with Crippen molar-refractivity contribution in [3.63, 3.8) is 0 Å². The highest BCUT2D eigenvalue weighted by Crippen LogP contribution is 2.46. The molecule has 1 saturated carbocycles. The fourth-order valence-electron chi connectivity index (χ4n) is 4.19. The number of aromatic hydroxyl groups is 1. The van der Waals surface area contributed by atoms with Gasteiger partial charge in [-0.3, -0.25) is 9.67 Å². The lowest BCUT2D eigenvalue weighted by molar-refractivity contribution is 0.0884. The van der Waals surface area contributed by atoms with Crippen LogP contribution in [0.5, 0.6) is 5.88 Å². The fourth-order valence-corrected chi connectivity index (χ4v) is 4.19. The Morgan fingerprint density at radius 3 is 2.71 bits per heavy atom. The van der Waals surface area contributed by atoms with Crippen molar-refractivity contribution in [2.75, 3.05) is 0 Å². The van der Waals surface area contributed by atoms with Gasteiger partial charge in [-0.2, -0.15) is 15.6 Å². The van der Waals surface area contributed by atoms with E-state index in [0.29, 0.717) is 42.0 Å². The smallest absolute Gasteiger partial charge is 0.211 e. The van der Waals surface area contributed by atoms with Crippen LogP contribution in [-0.4, -0.2) is 29.8 Å². The summed E-state index contributed by atoms with van der Waals surface area (Å²) in [4.78, 5) is 13.4. The van der Waals surface area contributed by atoms with Gasteiger partial charge >= 0.3 is 0 Å². The topological polar surface area (TPSA) is 124 Å². The third-order valence-electron chi connectivity index (χ3n) is 5.76. The van der Waals surface area contributed by atoms with Gasteiger partial charge in [0.25, 0.3) is 0 Å². The molecule has 0 unspecified atom stereocenters. The fraction of sp³-hybridized carbons (Fsp3) is 0.217. The van der Waals surface area contributed by atoms with Crippen LogP contribution in [-0.2, 0) is 5.54 Å². The molecule has 1 fully saturated rings. The zero-order valence-corrected chi connectivity index (χ0v) is 16.5. The van der Waals surface area contributed by atoms with Gasteiger partial charge in [0.15, 0.2) is 0 Å². The molecule has 4 aromatic rings. The molecule has 1 aliphatic carbocycles. The number of hydrogen-bond acceptors (Lipinski definition) is 7. The lowest BCUT2D eigenvalue weighted by atomic mass is 9.67. The van der Waals surface area contributed by atoms with Gasteiger partial charge in [0, 0.05) is 23.8 Å². The van der Waals surface area contributed by atoms with Gasteiger partial charge in [-0.25, -0.2) is 9.97 Å². The Hall–Kier alpha value is -4.30. The minimum Gasteiger partial charge on any atom is -0.493 e. The second kappa shape index (κ2) is 7.19. The summed E-state index contributed by atoms with van der Waals surface area (Å²) in [6, 6.07) is 17.0. The van der Waals surface area contributed by atoms with Crippen LogP contribution in [0.3, 0.4) is 0 Å². The first-order chi connectivity index (χ1) is 15.1. The highest BCUT2D eigenvalue weighted by Gasteiger charge is 2.46. The third-order valence-corrected chi connectivity index (χ3v) is 5.76. The van der Waals surface area contributed by atoms with Crippen molar-refractivity contribution in [2.24, 2.45) is 5.92 Å². The monoisotopic (exact) mass is 407 g/mol. The lowest BCUT2D eigenvalue weighted by Gasteiger charge is -2.43. The van der Waals surface area contributed by atoms with Crippen LogP contribution in [0, 0.1) is 28.6 Å². The molecule has 0 aromatic carbocycles. The van der Waals surface area contributed by atoms with Crippen LogP contribution in [0.1, 0.15) is 19.3 Å². The zero-order chi connectivity index (χ0) is 21.4. The molecule has 4 heterocycles. The standard InChI is InChI=1S/C23H17N7O/c24-8-7-23(12-15(13-23)14-25)30-10-6-18(29-30)22-16-3-2-9-26-19(16)11-20(28-22)17-4-1-5-21(31)27-17/h1-6,9-11,15H,7,12-13H2,(H,27,31)/t15-,23+. The first-order valence-corrected chi connectivity index (χ1v) is 9.87. The van der Waals surface area contributed by atoms with Crippen molar-refractivity contribution in [1.82, 2.24) is 24.7 Å². The highest BCUT2D eigenvalue weighted by atomic mass is 16.3. The number of aromatic nitrogens is 5. The van der Waals surface area contributed by atoms with Crippen LogP contribution < -0.4 is 0 Å². The minimum atomic E-state index is -0.453. The molecule has 4 aromatic heterocycles. The Bertz CT molecular complexity index is 1370. The molecule has 0 amide bonds. The maximum atomic E-state index is 9.77. The summed E-state index contributed by atoms with van der Waals surface area (Å²) in [7, 11) is 0. The molecule has 31 heavy (non-hydrogen) atoms. The summed E-state index contributed by atoms with van der Waals surface area (Å²) in [5.74, 6) is -0.133. The van der Waals surface area contributed by atoms with E-state index in [1.165, 1.54) is 6.07 Å². The van der Waals surface area contributed by atoms with Gasteiger partial charge in [-0.15, -0.1) is 0 Å². The molecule has 5 rings (SSSR count). The Balaban J connectivity index is 1.63. The molecule has 1 aliphatic rings. The van der Waals surface area contributed by atoms with E-state index >= 15 is 0 Å². The van der Waals surface area contributed by atoms with Crippen LogP contribution in [0.2, 0.25) is 0 Å². The first kappa shape index (κ1) is 18.7. The predicted molar refractivity (Wildman–Crippen MR) is 112 cm³/mol. The van der Waals surface area contributed by atoms with Crippen molar-refractivity contribution >= 4 is 10.9 Å². The summed E-state index contributed by atoms with van der Waals surface area (Å²) < 4.78 is 1.81. The van der Waals surface area contributed by atoms with E-state index in [0.717, 1.165) is 10.9 Å². The van der Waals surface area contributed by atoms with Gasteiger partial charge in [-0.05, 0) is 43.2 Å². The number of fused-ring (bicyclic) bond motifs is 1. The molecule has 8 nitrogen and oxygen atoms in total. The Kier molecular flexibility index (Phi) is 4.34. The molecular formula is C23H17N7O. The summed E-state index contributed by atoms with van der Waals surface area (Å²) >= 11 is 0.